The Morgan fingerprint density at radius 2 is 1.95 bits per heavy atom. The Morgan fingerprint density at radius 3 is 2.53 bits per heavy atom. The number of ether oxygens (including phenoxy) is 1. The molecule has 0 aromatic heterocycles. The molecule has 4 heteroatoms. The molecule has 0 aliphatic rings. The van der Waals surface area contributed by atoms with Gasteiger partial charge in [0.15, 0.2) is 0 Å². The highest BCUT2D eigenvalue weighted by Gasteiger charge is 2.09. The molecule has 108 valence electrons. The lowest BCUT2D eigenvalue weighted by Crippen LogP contribution is -2.37. The van der Waals surface area contributed by atoms with E-state index in [1.54, 1.807) is 24.3 Å². The smallest absolute Gasteiger partial charge is 0.119 e. The summed E-state index contributed by atoms with van der Waals surface area (Å²) in [5, 5.41) is 13.9. The Hall–Kier alpha value is -0.770. The molecular weight excluding hydrogens is 262 g/mol. The van der Waals surface area contributed by atoms with E-state index in [-0.39, 0.29) is 6.61 Å². The molecule has 0 aliphatic carbocycles. The summed E-state index contributed by atoms with van der Waals surface area (Å²) in [5.41, 5.74) is 0. The Labute approximate surface area is 120 Å². The van der Waals surface area contributed by atoms with Gasteiger partial charge in [-0.1, -0.05) is 31.9 Å². The Bertz CT molecular complexity index is 343. The summed E-state index contributed by atoms with van der Waals surface area (Å²) < 4.78 is 5.50. The summed E-state index contributed by atoms with van der Waals surface area (Å²) in [6.07, 6.45) is 2.88. The van der Waals surface area contributed by atoms with Crippen molar-refractivity contribution in [2.24, 2.45) is 0 Å². The number of benzene rings is 1. The van der Waals surface area contributed by atoms with E-state index in [0.717, 1.165) is 25.0 Å². The molecule has 2 atom stereocenters. The van der Waals surface area contributed by atoms with Crippen molar-refractivity contribution in [3.63, 3.8) is 0 Å². The van der Waals surface area contributed by atoms with Crippen LogP contribution >= 0.6 is 11.6 Å². The van der Waals surface area contributed by atoms with Crippen LogP contribution < -0.4 is 10.1 Å². The molecule has 0 radical (unpaired) electrons. The van der Waals surface area contributed by atoms with Gasteiger partial charge in [-0.05, 0) is 37.1 Å². The molecule has 2 N–H and O–H groups in total. The van der Waals surface area contributed by atoms with Crippen LogP contribution in [0.2, 0.25) is 5.02 Å². The topological polar surface area (TPSA) is 41.5 Å². The van der Waals surface area contributed by atoms with Gasteiger partial charge in [-0.15, -0.1) is 0 Å². The lowest BCUT2D eigenvalue weighted by atomic mass is 10.1. The Morgan fingerprint density at radius 1 is 1.26 bits per heavy atom. The van der Waals surface area contributed by atoms with Gasteiger partial charge in [-0.25, -0.2) is 0 Å². The third-order valence-electron chi connectivity index (χ3n) is 3.03. The second-order valence-corrected chi connectivity index (χ2v) is 5.16. The highest BCUT2D eigenvalue weighted by atomic mass is 35.5. The van der Waals surface area contributed by atoms with E-state index in [9.17, 15) is 5.11 Å². The van der Waals surface area contributed by atoms with Crippen molar-refractivity contribution in [3.05, 3.63) is 29.3 Å². The van der Waals surface area contributed by atoms with Crippen molar-refractivity contribution < 1.29 is 9.84 Å². The van der Waals surface area contributed by atoms with Crippen LogP contribution in [-0.4, -0.2) is 30.4 Å². The van der Waals surface area contributed by atoms with Gasteiger partial charge in [-0.2, -0.15) is 0 Å². The second-order valence-electron chi connectivity index (χ2n) is 4.72. The number of nitrogens with one attached hydrogen (secondary N) is 1. The molecule has 1 rings (SSSR count). The van der Waals surface area contributed by atoms with Crippen LogP contribution in [0.5, 0.6) is 5.75 Å². The number of hydrogen-bond donors (Lipinski definition) is 2. The lowest BCUT2D eigenvalue weighted by Gasteiger charge is -2.19. The number of halogens is 1. The SMILES string of the molecule is CCCC(CC)NCC(O)COc1ccc(Cl)cc1. The molecule has 0 heterocycles. The van der Waals surface area contributed by atoms with Gasteiger partial charge in [0.2, 0.25) is 0 Å². The van der Waals surface area contributed by atoms with E-state index in [4.69, 9.17) is 16.3 Å². The fourth-order valence-electron chi connectivity index (χ4n) is 1.88. The van der Waals surface area contributed by atoms with Crippen LogP contribution in [0.3, 0.4) is 0 Å². The van der Waals surface area contributed by atoms with E-state index >= 15 is 0 Å². The first-order chi connectivity index (χ1) is 9.15. The molecule has 0 bridgehead atoms. The molecule has 0 spiro atoms. The molecule has 0 aliphatic heterocycles. The number of aliphatic hydroxyl groups is 1. The fraction of sp³-hybridized carbons (Fsp3) is 0.600. The standard InChI is InChI=1S/C15H24ClNO2/c1-3-5-13(4-2)17-10-14(18)11-19-15-8-6-12(16)7-9-15/h6-9,13-14,17-18H,3-5,10-11H2,1-2H3. The summed E-state index contributed by atoms with van der Waals surface area (Å²) in [4.78, 5) is 0. The van der Waals surface area contributed by atoms with E-state index < -0.39 is 6.10 Å². The molecule has 1 aromatic rings. The highest BCUT2D eigenvalue weighted by Crippen LogP contribution is 2.15. The third-order valence-corrected chi connectivity index (χ3v) is 3.28. The molecule has 0 saturated carbocycles. The van der Waals surface area contributed by atoms with E-state index in [0.29, 0.717) is 17.6 Å². The van der Waals surface area contributed by atoms with Crippen LogP contribution in [0.15, 0.2) is 24.3 Å². The molecule has 2 unspecified atom stereocenters. The zero-order valence-corrected chi connectivity index (χ0v) is 12.5. The maximum atomic E-state index is 9.86. The quantitative estimate of drug-likeness (QED) is 0.732. The molecule has 0 amide bonds. The van der Waals surface area contributed by atoms with Crippen LogP contribution in [0.25, 0.3) is 0 Å². The van der Waals surface area contributed by atoms with Crippen LogP contribution in [0.1, 0.15) is 33.1 Å². The summed E-state index contributed by atoms with van der Waals surface area (Å²) in [6.45, 7) is 5.18. The van der Waals surface area contributed by atoms with Crippen LogP contribution in [-0.2, 0) is 0 Å². The fourth-order valence-corrected chi connectivity index (χ4v) is 2.01. The van der Waals surface area contributed by atoms with Gasteiger partial charge in [-0.3, -0.25) is 0 Å². The van der Waals surface area contributed by atoms with Crippen LogP contribution in [0, 0.1) is 0 Å². The van der Waals surface area contributed by atoms with Gasteiger partial charge in [0, 0.05) is 17.6 Å². The minimum absolute atomic E-state index is 0.289. The van der Waals surface area contributed by atoms with Gasteiger partial charge in [0.1, 0.15) is 18.5 Å². The van der Waals surface area contributed by atoms with Gasteiger partial charge in [0.25, 0.3) is 0 Å². The molecule has 19 heavy (non-hydrogen) atoms. The molecule has 3 nitrogen and oxygen atoms in total. The summed E-state index contributed by atoms with van der Waals surface area (Å²) in [6, 6.07) is 7.63. The summed E-state index contributed by atoms with van der Waals surface area (Å²) >= 11 is 5.79. The van der Waals surface area contributed by atoms with Gasteiger partial charge in [0.05, 0.1) is 0 Å². The summed E-state index contributed by atoms with van der Waals surface area (Å²) in [5.74, 6) is 0.726. The van der Waals surface area contributed by atoms with Crippen molar-refractivity contribution in [2.45, 2.75) is 45.3 Å². The third kappa shape index (κ3) is 6.81. The molecule has 0 saturated heterocycles. The first-order valence-electron chi connectivity index (χ1n) is 6.95. The number of hydrogen-bond acceptors (Lipinski definition) is 3. The van der Waals surface area contributed by atoms with Crippen molar-refractivity contribution in [2.75, 3.05) is 13.2 Å². The van der Waals surface area contributed by atoms with E-state index in [1.807, 2.05) is 0 Å². The minimum atomic E-state index is -0.499. The monoisotopic (exact) mass is 285 g/mol. The molecule has 1 aromatic carbocycles. The minimum Gasteiger partial charge on any atom is -0.491 e. The zero-order chi connectivity index (χ0) is 14.1. The van der Waals surface area contributed by atoms with Crippen molar-refractivity contribution >= 4 is 11.6 Å². The number of rotatable bonds is 9. The first-order valence-corrected chi connectivity index (χ1v) is 7.33. The number of aliphatic hydroxyl groups excluding tert-OH is 1. The zero-order valence-electron chi connectivity index (χ0n) is 11.7. The van der Waals surface area contributed by atoms with E-state index in [1.165, 1.54) is 0 Å². The van der Waals surface area contributed by atoms with E-state index in [2.05, 4.69) is 19.2 Å². The average molecular weight is 286 g/mol. The van der Waals surface area contributed by atoms with Crippen molar-refractivity contribution in [3.8, 4) is 5.75 Å². The van der Waals surface area contributed by atoms with Gasteiger partial charge >= 0.3 is 0 Å². The predicted molar refractivity (Wildman–Crippen MR) is 79.9 cm³/mol. The second kappa shape index (κ2) is 9.18. The van der Waals surface area contributed by atoms with Crippen molar-refractivity contribution in [1.82, 2.24) is 5.32 Å². The highest BCUT2D eigenvalue weighted by molar-refractivity contribution is 6.30. The maximum Gasteiger partial charge on any atom is 0.119 e. The largest absolute Gasteiger partial charge is 0.491 e. The average Bonchev–Trinajstić information content (AvgIpc) is 2.42. The summed E-state index contributed by atoms with van der Waals surface area (Å²) in [7, 11) is 0. The van der Waals surface area contributed by atoms with Crippen LogP contribution in [0.4, 0.5) is 0 Å². The van der Waals surface area contributed by atoms with Gasteiger partial charge < -0.3 is 15.2 Å². The normalized spacial score (nSPS) is 14.1. The molecule has 0 fully saturated rings. The molecular formula is C15H24ClNO2. The Balaban J connectivity index is 2.23. The lowest BCUT2D eigenvalue weighted by molar-refractivity contribution is 0.103. The predicted octanol–water partition coefficient (Wildman–Crippen LogP) is 3.25. The maximum absolute atomic E-state index is 9.86. The Kier molecular flexibility index (Phi) is 7.87. The van der Waals surface area contributed by atoms with Crippen molar-refractivity contribution in [1.29, 1.82) is 0 Å². The first kappa shape index (κ1) is 16.3.